The number of anilines is 1. The second kappa shape index (κ2) is 6.48. The maximum Gasteiger partial charge on any atom is 0.396 e. The van der Waals surface area contributed by atoms with Gasteiger partial charge in [-0.05, 0) is 25.0 Å². The SMILES string of the molecule is FC(F)(F)Cc1nnc2c(Cl)c(N3CCC4(CC3)COc3ncccc34)ccn12. The van der Waals surface area contributed by atoms with Crippen molar-refractivity contribution < 1.29 is 17.9 Å². The first-order valence-corrected chi connectivity index (χ1v) is 9.66. The van der Waals surface area contributed by atoms with E-state index in [0.717, 1.165) is 37.2 Å². The molecule has 1 fully saturated rings. The topological polar surface area (TPSA) is 55.5 Å². The van der Waals surface area contributed by atoms with Gasteiger partial charge in [0.1, 0.15) is 17.3 Å². The summed E-state index contributed by atoms with van der Waals surface area (Å²) < 4.78 is 45.3. The molecular weight excluding hydrogens is 407 g/mol. The summed E-state index contributed by atoms with van der Waals surface area (Å²) in [4.78, 5) is 6.45. The van der Waals surface area contributed by atoms with Crippen LogP contribution in [0.5, 0.6) is 5.88 Å². The van der Waals surface area contributed by atoms with Crippen LogP contribution < -0.4 is 9.64 Å². The van der Waals surface area contributed by atoms with Crippen LogP contribution in [0.15, 0.2) is 30.6 Å². The number of hydrogen-bond acceptors (Lipinski definition) is 5. The largest absolute Gasteiger partial charge is 0.476 e. The third kappa shape index (κ3) is 3.08. The highest BCUT2D eigenvalue weighted by atomic mass is 35.5. The van der Waals surface area contributed by atoms with Crippen molar-refractivity contribution in [1.82, 2.24) is 19.6 Å². The minimum Gasteiger partial charge on any atom is -0.476 e. The van der Waals surface area contributed by atoms with Crippen molar-refractivity contribution >= 4 is 22.9 Å². The number of rotatable bonds is 2. The fourth-order valence-corrected chi connectivity index (χ4v) is 4.60. The minimum absolute atomic E-state index is 0.0502. The Hall–Kier alpha value is -2.55. The average molecular weight is 424 g/mol. The van der Waals surface area contributed by atoms with Crippen LogP contribution >= 0.6 is 11.6 Å². The lowest BCUT2D eigenvalue weighted by molar-refractivity contribution is -0.128. The number of ether oxygens (including phenoxy) is 1. The van der Waals surface area contributed by atoms with Crippen molar-refractivity contribution in [3.8, 4) is 5.88 Å². The molecule has 5 rings (SSSR count). The van der Waals surface area contributed by atoms with Crippen LogP contribution in [-0.4, -0.2) is 45.5 Å². The Labute approximate surface area is 169 Å². The average Bonchev–Trinajstić information content (AvgIpc) is 3.25. The fraction of sp³-hybridized carbons (Fsp3) is 0.421. The zero-order valence-electron chi connectivity index (χ0n) is 15.3. The zero-order valence-corrected chi connectivity index (χ0v) is 16.0. The molecule has 0 aromatic carbocycles. The lowest BCUT2D eigenvalue weighted by Crippen LogP contribution is -2.43. The van der Waals surface area contributed by atoms with Crippen LogP contribution in [0.2, 0.25) is 5.02 Å². The molecular formula is C19H17ClF3N5O. The van der Waals surface area contributed by atoms with Crippen LogP contribution in [0.4, 0.5) is 18.9 Å². The molecule has 3 aromatic rings. The molecule has 0 bridgehead atoms. The summed E-state index contributed by atoms with van der Waals surface area (Å²) in [5, 5.41) is 7.88. The molecule has 0 aliphatic carbocycles. The number of fused-ring (bicyclic) bond motifs is 3. The molecule has 3 aromatic heterocycles. The molecule has 10 heteroatoms. The van der Waals surface area contributed by atoms with Gasteiger partial charge in [0.15, 0.2) is 5.65 Å². The molecule has 1 saturated heterocycles. The van der Waals surface area contributed by atoms with Crippen molar-refractivity contribution in [3.05, 3.63) is 47.0 Å². The normalized spacial score (nSPS) is 18.3. The molecule has 0 amide bonds. The van der Waals surface area contributed by atoms with Gasteiger partial charge in [-0.15, -0.1) is 10.2 Å². The van der Waals surface area contributed by atoms with E-state index in [9.17, 15) is 13.2 Å². The van der Waals surface area contributed by atoms with E-state index in [0.29, 0.717) is 17.5 Å². The molecule has 0 atom stereocenters. The number of nitrogens with zero attached hydrogens (tertiary/aromatic N) is 5. The van der Waals surface area contributed by atoms with Gasteiger partial charge >= 0.3 is 6.18 Å². The molecule has 152 valence electrons. The Morgan fingerprint density at radius 3 is 2.72 bits per heavy atom. The summed E-state index contributed by atoms with van der Waals surface area (Å²) in [6.07, 6.45) is -0.473. The van der Waals surface area contributed by atoms with E-state index < -0.39 is 12.6 Å². The molecule has 0 unspecified atom stereocenters. The maximum absolute atomic E-state index is 12.7. The third-order valence-corrected chi connectivity index (χ3v) is 6.18. The molecule has 2 aliphatic rings. The first kappa shape index (κ1) is 18.5. The minimum atomic E-state index is -4.36. The molecule has 0 N–H and O–H groups in total. The lowest BCUT2D eigenvalue weighted by Gasteiger charge is -2.39. The van der Waals surface area contributed by atoms with E-state index in [1.807, 2.05) is 6.07 Å². The van der Waals surface area contributed by atoms with Crippen molar-refractivity contribution in [3.63, 3.8) is 0 Å². The Kier molecular flexibility index (Phi) is 4.13. The van der Waals surface area contributed by atoms with E-state index in [1.165, 1.54) is 4.40 Å². The molecule has 0 radical (unpaired) electrons. The highest BCUT2D eigenvalue weighted by molar-refractivity contribution is 6.36. The lowest BCUT2D eigenvalue weighted by atomic mass is 9.75. The van der Waals surface area contributed by atoms with Gasteiger partial charge in [0, 0.05) is 36.5 Å². The number of pyridine rings is 2. The van der Waals surface area contributed by atoms with E-state index in [1.54, 1.807) is 18.5 Å². The Morgan fingerprint density at radius 2 is 1.97 bits per heavy atom. The van der Waals surface area contributed by atoms with Crippen molar-refractivity contribution in [2.45, 2.75) is 30.9 Å². The molecule has 29 heavy (non-hydrogen) atoms. The van der Waals surface area contributed by atoms with E-state index in [-0.39, 0.29) is 16.9 Å². The monoisotopic (exact) mass is 423 g/mol. The Bertz CT molecular complexity index is 1080. The van der Waals surface area contributed by atoms with Gasteiger partial charge in [-0.2, -0.15) is 13.2 Å². The number of hydrogen-bond donors (Lipinski definition) is 0. The van der Waals surface area contributed by atoms with Crippen molar-refractivity contribution in [2.75, 3.05) is 24.6 Å². The predicted molar refractivity (Wildman–Crippen MR) is 101 cm³/mol. The predicted octanol–water partition coefficient (Wildman–Crippen LogP) is 3.81. The van der Waals surface area contributed by atoms with Crippen molar-refractivity contribution in [2.24, 2.45) is 0 Å². The second-order valence-electron chi connectivity index (χ2n) is 7.53. The van der Waals surface area contributed by atoms with Gasteiger partial charge in [-0.1, -0.05) is 17.7 Å². The summed E-state index contributed by atoms with van der Waals surface area (Å²) in [6.45, 7) is 2.11. The molecule has 6 nitrogen and oxygen atoms in total. The van der Waals surface area contributed by atoms with Crippen LogP contribution in [0.3, 0.4) is 0 Å². The van der Waals surface area contributed by atoms with Crippen LogP contribution in [-0.2, 0) is 11.8 Å². The highest BCUT2D eigenvalue weighted by Gasteiger charge is 2.44. The summed E-state index contributed by atoms with van der Waals surface area (Å²) in [7, 11) is 0. The quantitative estimate of drug-likeness (QED) is 0.627. The number of halogens is 4. The van der Waals surface area contributed by atoms with Gasteiger partial charge < -0.3 is 9.64 Å². The summed E-state index contributed by atoms with van der Waals surface area (Å²) in [6, 6.07) is 5.73. The van der Waals surface area contributed by atoms with E-state index in [2.05, 4.69) is 26.1 Å². The van der Waals surface area contributed by atoms with Crippen LogP contribution in [0, 0.1) is 0 Å². The number of piperidine rings is 1. The van der Waals surface area contributed by atoms with E-state index in [4.69, 9.17) is 16.3 Å². The van der Waals surface area contributed by atoms with Gasteiger partial charge in [0.2, 0.25) is 5.88 Å². The smallest absolute Gasteiger partial charge is 0.396 e. The van der Waals surface area contributed by atoms with Crippen LogP contribution in [0.1, 0.15) is 24.2 Å². The molecule has 2 aliphatic heterocycles. The highest BCUT2D eigenvalue weighted by Crippen LogP contribution is 2.45. The Balaban J connectivity index is 1.40. The second-order valence-corrected chi connectivity index (χ2v) is 7.91. The number of alkyl halides is 3. The number of aromatic nitrogens is 4. The third-order valence-electron chi connectivity index (χ3n) is 5.82. The van der Waals surface area contributed by atoms with Gasteiger partial charge in [0.25, 0.3) is 0 Å². The van der Waals surface area contributed by atoms with Gasteiger partial charge in [-0.25, -0.2) is 4.98 Å². The summed E-state index contributed by atoms with van der Waals surface area (Å²) >= 11 is 6.51. The van der Waals surface area contributed by atoms with Crippen LogP contribution in [0.25, 0.3) is 5.65 Å². The molecule has 0 saturated carbocycles. The maximum atomic E-state index is 12.7. The Morgan fingerprint density at radius 1 is 1.17 bits per heavy atom. The van der Waals surface area contributed by atoms with Gasteiger partial charge in [-0.3, -0.25) is 4.40 Å². The standard InChI is InChI=1S/C19H17ClF3N5O/c20-15-13(3-7-28-14(10-19(21,22)23)25-26-16(15)28)27-8-4-18(5-9-27)11-29-17-12(18)2-1-6-24-17/h1-3,6-7H,4-5,8-11H2. The van der Waals surface area contributed by atoms with Crippen molar-refractivity contribution in [1.29, 1.82) is 0 Å². The molecule has 1 spiro atoms. The fourth-order valence-electron chi connectivity index (χ4n) is 4.29. The first-order chi connectivity index (χ1) is 13.9. The summed E-state index contributed by atoms with van der Waals surface area (Å²) in [5.74, 6) is 0.534. The van der Waals surface area contributed by atoms with E-state index >= 15 is 0 Å². The van der Waals surface area contributed by atoms with Gasteiger partial charge in [0.05, 0.1) is 12.3 Å². The first-order valence-electron chi connectivity index (χ1n) is 9.28. The molecule has 5 heterocycles. The summed E-state index contributed by atoms with van der Waals surface area (Å²) in [5.41, 5.74) is 2.09. The zero-order chi connectivity index (χ0) is 20.2.